The molecule has 0 aliphatic carbocycles. The summed E-state index contributed by atoms with van der Waals surface area (Å²) in [7, 11) is 0. The van der Waals surface area contributed by atoms with E-state index in [1.54, 1.807) is 0 Å². The zero-order chi connectivity index (χ0) is 14.4. The van der Waals surface area contributed by atoms with Gasteiger partial charge in [-0.1, -0.05) is 18.2 Å². The van der Waals surface area contributed by atoms with Gasteiger partial charge in [-0.05, 0) is 26.8 Å². The number of aliphatic imine (C=N–C) groups is 1. The Morgan fingerprint density at radius 1 is 1.35 bits per heavy atom. The Morgan fingerprint density at radius 2 is 2.10 bits per heavy atom. The third-order valence-electron chi connectivity index (χ3n) is 3.69. The summed E-state index contributed by atoms with van der Waals surface area (Å²) in [5, 5.41) is 6.12. The molecule has 1 aromatic carbocycles. The van der Waals surface area contributed by atoms with E-state index in [1.807, 2.05) is 45.0 Å². The minimum atomic E-state index is -0.785. The molecule has 0 saturated carbocycles. The van der Waals surface area contributed by atoms with Gasteiger partial charge in [0.05, 0.1) is 0 Å². The van der Waals surface area contributed by atoms with Crippen LogP contribution in [0.25, 0.3) is 0 Å². The predicted molar refractivity (Wildman–Crippen MR) is 76.7 cm³/mol. The van der Waals surface area contributed by atoms with E-state index in [2.05, 4.69) is 15.6 Å². The van der Waals surface area contributed by atoms with Gasteiger partial charge in [0.2, 0.25) is 0 Å². The Kier molecular flexibility index (Phi) is 2.74. The van der Waals surface area contributed by atoms with Gasteiger partial charge in [0.1, 0.15) is 11.4 Å². The van der Waals surface area contributed by atoms with Gasteiger partial charge in [-0.15, -0.1) is 0 Å². The van der Waals surface area contributed by atoms with Crippen LogP contribution in [0.5, 0.6) is 5.75 Å². The third kappa shape index (κ3) is 1.85. The van der Waals surface area contributed by atoms with Crippen LogP contribution in [0.2, 0.25) is 0 Å². The summed E-state index contributed by atoms with van der Waals surface area (Å²) in [6, 6.07) is 7.68. The molecular formula is C15H19N3O2. The molecule has 20 heavy (non-hydrogen) atoms. The molecule has 2 heterocycles. The number of guanidine groups is 1. The average molecular weight is 273 g/mol. The first-order valence-electron chi connectivity index (χ1n) is 6.89. The number of para-hydroxylation sites is 1. The number of nitrogens with one attached hydrogen (secondary N) is 2. The van der Waals surface area contributed by atoms with Crippen molar-refractivity contribution in [3.05, 3.63) is 29.8 Å². The van der Waals surface area contributed by atoms with Gasteiger partial charge in [0, 0.05) is 18.5 Å². The molecule has 3 rings (SSSR count). The second-order valence-electron chi connectivity index (χ2n) is 5.84. The Balaban J connectivity index is 2.13. The van der Waals surface area contributed by atoms with Crippen molar-refractivity contribution in [1.82, 2.24) is 10.6 Å². The fourth-order valence-electron chi connectivity index (χ4n) is 3.03. The zero-order valence-electron chi connectivity index (χ0n) is 12.0. The fraction of sp³-hybridized carbons (Fsp3) is 0.467. The number of hydrogen-bond acceptors (Lipinski definition) is 3. The second kappa shape index (κ2) is 4.23. The SMILES string of the molecule is CCN=C1NC(=O)C2(CC(C)(C)Oc3ccccc32)N1. The first-order valence-corrected chi connectivity index (χ1v) is 6.89. The van der Waals surface area contributed by atoms with E-state index in [4.69, 9.17) is 4.74 Å². The number of benzene rings is 1. The standard InChI is InChI=1S/C15H19N3O2/c1-4-16-13-17-12(19)15(18-13)9-14(2,3)20-11-8-6-5-7-10(11)15/h5-8H,4,9H2,1-3H3,(H2,16,17,18,19). The number of ether oxygens (including phenoxy) is 1. The molecule has 2 aliphatic heterocycles. The maximum atomic E-state index is 12.6. The number of hydrogen-bond donors (Lipinski definition) is 2. The molecule has 0 bridgehead atoms. The van der Waals surface area contributed by atoms with Crippen molar-refractivity contribution in [2.24, 2.45) is 4.99 Å². The topological polar surface area (TPSA) is 62.7 Å². The van der Waals surface area contributed by atoms with Crippen molar-refractivity contribution in [3.8, 4) is 5.75 Å². The lowest BCUT2D eigenvalue weighted by molar-refractivity contribution is -0.127. The highest BCUT2D eigenvalue weighted by molar-refractivity contribution is 6.09. The van der Waals surface area contributed by atoms with Crippen LogP contribution < -0.4 is 15.4 Å². The Morgan fingerprint density at radius 3 is 2.85 bits per heavy atom. The summed E-state index contributed by atoms with van der Waals surface area (Å²) in [4.78, 5) is 16.9. The molecule has 1 aromatic rings. The van der Waals surface area contributed by atoms with E-state index in [1.165, 1.54) is 0 Å². The normalized spacial score (nSPS) is 28.8. The lowest BCUT2D eigenvalue weighted by Crippen LogP contribution is -2.53. The quantitative estimate of drug-likeness (QED) is 0.816. The van der Waals surface area contributed by atoms with Crippen molar-refractivity contribution < 1.29 is 9.53 Å². The van der Waals surface area contributed by atoms with E-state index in [0.29, 0.717) is 18.9 Å². The van der Waals surface area contributed by atoms with E-state index in [9.17, 15) is 4.79 Å². The van der Waals surface area contributed by atoms with Crippen LogP contribution in [0, 0.1) is 0 Å². The van der Waals surface area contributed by atoms with Crippen molar-refractivity contribution in [1.29, 1.82) is 0 Å². The van der Waals surface area contributed by atoms with Crippen LogP contribution in [0.4, 0.5) is 0 Å². The van der Waals surface area contributed by atoms with Crippen LogP contribution in [0.3, 0.4) is 0 Å². The summed E-state index contributed by atoms with van der Waals surface area (Å²) in [6.07, 6.45) is 0.561. The molecule has 1 fully saturated rings. The maximum absolute atomic E-state index is 12.6. The molecule has 1 spiro atoms. The smallest absolute Gasteiger partial charge is 0.257 e. The van der Waals surface area contributed by atoms with Crippen molar-refractivity contribution in [3.63, 3.8) is 0 Å². The molecule has 1 atom stereocenters. The highest BCUT2D eigenvalue weighted by Gasteiger charge is 2.54. The molecule has 5 heteroatoms. The number of fused-ring (bicyclic) bond motifs is 2. The largest absolute Gasteiger partial charge is 0.487 e. The van der Waals surface area contributed by atoms with Gasteiger partial charge in [0.25, 0.3) is 5.91 Å². The van der Waals surface area contributed by atoms with Gasteiger partial charge in [-0.2, -0.15) is 0 Å². The summed E-state index contributed by atoms with van der Waals surface area (Å²) >= 11 is 0. The van der Waals surface area contributed by atoms with Crippen LogP contribution in [-0.2, 0) is 10.3 Å². The maximum Gasteiger partial charge on any atom is 0.257 e. The second-order valence-corrected chi connectivity index (χ2v) is 5.84. The van der Waals surface area contributed by atoms with Crippen LogP contribution in [0.15, 0.2) is 29.3 Å². The summed E-state index contributed by atoms with van der Waals surface area (Å²) in [6.45, 7) is 6.55. The molecular weight excluding hydrogens is 254 g/mol. The molecule has 0 aromatic heterocycles. The Bertz CT molecular complexity index is 595. The van der Waals surface area contributed by atoms with Gasteiger partial charge in [-0.25, -0.2) is 0 Å². The van der Waals surface area contributed by atoms with Crippen LogP contribution >= 0.6 is 0 Å². The molecule has 106 valence electrons. The van der Waals surface area contributed by atoms with E-state index < -0.39 is 11.1 Å². The van der Waals surface area contributed by atoms with Gasteiger partial charge < -0.3 is 10.1 Å². The molecule has 1 unspecified atom stereocenters. The Hall–Kier alpha value is -2.04. The number of carbonyl (C=O) groups is 1. The molecule has 2 aliphatic rings. The van der Waals surface area contributed by atoms with Gasteiger partial charge in [0.15, 0.2) is 11.5 Å². The minimum absolute atomic E-state index is 0.0616. The highest BCUT2D eigenvalue weighted by atomic mass is 16.5. The minimum Gasteiger partial charge on any atom is -0.487 e. The third-order valence-corrected chi connectivity index (χ3v) is 3.69. The lowest BCUT2D eigenvalue weighted by Gasteiger charge is -2.42. The van der Waals surface area contributed by atoms with Gasteiger partial charge in [-0.3, -0.25) is 15.1 Å². The van der Waals surface area contributed by atoms with Crippen LogP contribution in [0.1, 0.15) is 32.8 Å². The molecule has 5 nitrogen and oxygen atoms in total. The number of nitrogens with zero attached hydrogens (tertiary/aromatic N) is 1. The zero-order valence-corrected chi connectivity index (χ0v) is 12.0. The highest BCUT2D eigenvalue weighted by Crippen LogP contribution is 2.44. The Labute approximate surface area is 118 Å². The monoisotopic (exact) mass is 273 g/mol. The summed E-state index contributed by atoms with van der Waals surface area (Å²) < 4.78 is 5.99. The first kappa shape index (κ1) is 13.0. The van der Waals surface area contributed by atoms with E-state index in [-0.39, 0.29) is 5.91 Å². The number of carbonyl (C=O) groups excluding carboxylic acids is 1. The summed E-state index contributed by atoms with van der Waals surface area (Å²) in [5.41, 5.74) is -0.328. The molecule has 1 saturated heterocycles. The summed E-state index contributed by atoms with van der Waals surface area (Å²) in [5.74, 6) is 1.24. The molecule has 1 amide bonds. The van der Waals surface area contributed by atoms with E-state index in [0.717, 1.165) is 11.3 Å². The van der Waals surface area contributed by atoms with Crippen LogP contribution in [-0.4, -0.2) is 24.0 Å². The van der Waals surface area contributed by atoms with Crippen molar-refractivity contribution in [2.75, 3.05) is 6.54 Å². The van der Waals surface area contributed by atoms with Gasteiger partial charge >= 0.3 is 0 Å². The average Bonchev–Trinajstić information content (AvgIpc) is 2.65. The number of rotatable bonds is 1. The first-order chi connectivity index (χ1) is 9.47. The van der Waals surface area contributed by atoms with Crippen molar-refractivity contribution >= 4 is 11.9 Å². The van der Waals surface area contributed by atoms with Crippen molar-refractivity contribution in [2.45, 2.75) is 38.3 Å². The fourth-order valence-corrected chi connectivity index (χ4v) is 3.03. The van der Waals surface area contributed by atoms with E-state index >= 15 is 0 Å². The molecule has 0 radical (unpaired) electrons. The lowest BCUT2D eigenvalue weighted by atomic mass is 9.77. The molecule has 2 N–H and O–H groups in total. The number of amides is 1. The predicted octanol–water partition coefficient (Wildman–Crippen LogP) is 1.54.